The minimum atomic E-state index is -0.390. The summed E-state index contributed by atoms with van der Waals surface area (Å²) < 4.78 is 0. The van der Waals surface area contributed by atoms with Crippen molar-refractivity contribution in [2.24, 2.45) is 0 Å². The number of aliphatic hydroxyl groups is 1. The standard InChI is InChI=1S/C12H19N3O2S/c1-8-7-18-11(15-8)3-2-4-13-12(17)10-5-9(16)6-14-10/h7,9-10,14,16H,2-6H2,1H3,(H,13,17)/t9-,10+/m1/s1. The van der Waals surface area contributed by atoms with E-state index in [0.717, 1.165) is 23.5 Å². The molecule has 1 aromatic heterocycles. The molecule has 0 saturated carbocycles. The molecule has 2 atom stereocenters. The minimum absolute atomic E-state index is 0.0122. The van der Waals surface area contributed by atoms with Gasteiger partial charge in [-0.15, -0.1) is 11.3 Å². The molecule has 0 aliphatic carbocycles. The van der Waals surface area contributed by atoms with Gasteiger partial charge in [-0.3, -0.25) is 4.79 Å². The lowest BCUT2D eigenvalue weighted by molar-refractivity contribution is -0.122. The average molecular weight is 269 g/mol. The first-order valence-corrected chi connectivity index (χ1v) is 7.13. The van der Waals surface area contributed by atoms with Gasteiger partial charge < -0.3 is 15.7 Å². The van der Waals surface area contributed by atoms with Crippen molar-refractivity contribution in [3.63, 3.8) is 0 Å². The molecule has 1 saturated heterocycles. The van der Waals surface area contributed by atoms with Crippen molar-refractivity contribution in [1.29, 1.82) is 0 Å². The Bertz CT molecular complexity index is 408. The third-order valence-electron chi connectivity index (χ3n) is 2.96. The van der Waals surface area contributed by atoms with E-state index in [9.17, 15) is 9.90 Å². The lowest BCUT2D eigenvalue weighted by Crippen LogP contribution is -2.40. The maximum atomic E-state index is 11.7. The molecule has 5 nitrogen and oxygen atoms in total. The lowest BCUT2D eigenvalue weighted by Gasteiger charge is -2.10. The van der Waals surface area contributed by atoms with Crippen LogP contribution in [-0.2, 0) is 11.2 Å². The zero-order chi connectivity index (χ0) is 13.0. The van der Waals surface area contributed by atoms with Crippen molar-refractivity contribution in [2.75, 3.05) is 13.1 Å². The molecular weight excluding hydrogens is 250 g/mol. The largest absolute Gasteiger partial charge is 0.392 e. The molecular formula is C12H19N3O2S. The van der Waals surface area contributed by atoms with Crippen LogP contribution < -0.4 is 10.6 Å². The number of hydrogen-bond donors (Lipinski definition) is 3. The molecule has 100 valence electrons. The minimum Gasteiger partial charge on any atom is -0.392 e. The molecule has 0 spiro atoms. The number of carbonyl (C=O) groups excluding carboxylic acids is 1. The van der Waals surface area contributed by atoms with Gasteiger partial charge in [0.05, 0.1) is 17.2 Å². The van der Waals surface area contributed by atoms with Crippen molar-refractivity contribution in [3.8, 4) is 0 Å². The first-order chi connectivity index (χ1) is 8.65. The summed E-state index contributed by atoms with van der Waals surface area (Å²) in [6.07, 6.45) is 1.92. The van der Waals surface area contributed by atoms with Crippen LogP contribution >= 0.6 is 11.3 Å². The van der Waals surface area contributed by atoms with Crippen molar-refractivity contribution in [1.82, 2.24) is 15.6 Å². The number of aliphatic hydroxyl groups excluding tert-OH is 1. The van der Waals surface area contributed by atoms with Gasteiger partial charge in [0, 0.05) is 30.6 Å². The summed E-state index contributed by atoms with van der Waals surface area (Å²) in [5.41, 5.74) is 1.06. The van der Waals surface area contributed by atoms with Crippen LogP contribution in [0.2, 0.25) is 0 Å². The van der Waals surface area contributed by atoms with Crippen molar-refractivity contribution < 1.29 is 9.90 Å². The van der Waals surface area contributed by atoms with Gasteiger partial charge in [0.15, 0.2) is 0 Å². The molecule has 0 bridgehead atoms. The molecule has 18 heavy (non-hydrogen) atoms. The predicted molar refractivity (Wildman–Crippen MR) is 70.6 cm³/mol. The Morgan fingerprint density at radius 2 is 2.56 bits per heavy atom. The highest BCUT2D eigenvalue weighted by atomic mass is 32.1. The molecule has 0 radical (unpaired) electrons. The summed E-state index contributed by atoms with van der Waals surface area (Å²) in [5.74, 6) is -0.0122. The number of nitrogens with zero attached hydrogens (tertiary/aromatic N) is 1. The Labute approximate surface area is 111 Å². The Kier molecular flexibility index (Phi) is 4.68. The molecule has 1 fully saturated rings. The summed E-state index contributed by atoms with van der Waals surface area (Å²) in [6.45, 7) is 3.15. The van der Waals surface area contributed by atoms with Crippen LogP contribution in [0.1, 0.15) is 23.5 Å². The molecule has 1 aromatic rings. The van der Waals surface area contributed by atoms with Gasteiger partial charge in [0.25, 0.3) is 0 Å². The van der Waals surface area contributed by atoms with Gasteiger partial charge in [-0.05, 0) is 19.8 Å². The molecule has 0 unspecified atom stereocenters. The summed E-state index contributed by atoms with van der Waals surface area (Å²) in [4.78, 5) is 16.1. The second-order valence-electron chi connectivity index (χ2n) is 4.63. The van der Waals surface area contributed by atoms with Crippen LogP contribution in [0, 0.1) is 6.92 Å². The third-order valence-corrected chi connectivity index (χ3v) is 3.98. The fourth-order valence-electron chi connectivity index (χ4n) is 2.01. The first-order valence-electron chi connectivity index (χ1n) is 6.25. The monoisotopic (exact) mass is 269 g/mol. The summed E-state index contributed by atoms with van der Waals surface area (Å²) in [7, 11) is 0. The van der Waals surface area contributed by atoms with Crippen LogP contribution in [0.3, 0.4) is 0 Å². The number of thiazole rings is 1. The van der Waals surface area contributed by atoms with Gasteiger partial charge in [-0.25, -0.2) is 4.98 Å². The Morgan fingerprint density at radius 3 is 3.17 bits per heavy atom. The first kappa shape index (κ1) is 13.5. The molecule has 2 heterocycles. The van der Waals surface area contributed by atoms with Gasteiger partial charge in [-0.1, -0.05) is 0 Å². The average Bonchev–Trinajstić information content (AvgIpc) is 2.93. The number of aryl methyl sites for hydroxylation is 2. The van der Waals surface area contributed by atoms with Crippen LogP contribution in [0.5, 0.6) is 0 Å². The van der Waals surface area contributed by atoms with Gasteiger partial charge in [0.1, 0.15) is 0 Å². The Balaban J connectivity index is 1.62. The van der Waals surface area contributed by atoms with Gasteiger partial charge in [0.2, 0.25) is 5.91 Å². The molecule has 6 heteroatoms. The fourth-order valence-corrected chi connectivity index (χ4v) is 2.83. The fraction of sp³-hybridized carbons (Fsp3) is 0.667. The molecule has 1 aliphatic rings. The molecule has 1 aliphatic heterocycles. The zero-order valence-electron chi connectivity index (χ0n) is 10.5. The van der Waals surface area contributed by atoms with Crippen LogP contribution in [0.25, 0.3) is 0 Å². The van der Waals surface area contributed by atoms with E-state index in [4.69, 9.17) is 0 Å². The number of aromatic nitrogens is 1. The van der Waals surface area contributed by atoms with E-state index >= 15 is 0 Å². The maximum Gasteiger partial charge on any atom is 0.237 e. The maximum absolute atomic E-state index is 11.7. The summed E-state index contributed by atoms with van der Waals surface area (Å²) in [5, 5.41) is 18.4. The van der Waals surface area contributed by atoms with Gasteiger partial charge in [-0.2, -0.15) is 0 Å². The predicted octanol–water partition coefficient (Wildman–Crippen LogP) is 0.223. The lowest BCUT2D eigenvalue weighted by atomic mass is 10.2. The van der Waals surface area contributed by atoms with Crippen molar-refractivity contribution in [2.45, 2.75) is 38.3 Å². The number of carbonyl (C=O) groups is 1. The second-order valence-corrected chi connectivity index (χ2v) is 5.57. The Hall–Kier alpha value is -0.980. The van der Waals surface area contributed by atoms with Crippen molar-refractivity contribution in [3.05, 3.63) is 16.1 Å². The van der Waals surface area contributed by atoms with E-state index < -0.39 is 0 Å². The number of rotatable bonds is 5. The Morgan fingerprint density at radius 1 is 1.72 bits per heavy atom. The van der Waals surface area contributed by atoms with E-state index in [2.05, 4.69) is 15.6 Å². The van der Waals surface area contributed by atoms with E-state index in [1.807, 2.05) is 12.3 Å². The van der Waals surface area contributed by atoms with Gasteiger partial charge >= 0.3 is 0 Å². The highest BCUT2D eigenvalue weighted by Crippen LogP contribution is 2.10. The normalized spacial score (nSPS) is 23.2. The quantitative estimate of drug-likeness (QED) is 0.669. The molecule has 3 N–H and O–H groups in total. The second kappa shape index (κ2) is 6.26. The zero-order valence-corrected chi connectivity index (χ0v) is 11.3. The molecule has 1 amide bonds. The summed E-state index contributed by atoms with van der Waals surface area (Å²) in [6, 6.07) is -0.234. The topological polar surface area (TPSA) is 74.2 Å². The smallest absolute Gasteiger partial charge is 0.237 e. The van der Waals surface area contributed by atoms with E-state index in [1.54, 1.807) is 11.3 Å². The number of hydrogen-bond acceptors (Lipinski definition) is 5. The highest BCUT2D eigenvalue weighted by Gasteiger charge is 2.27. The molecule has 0 aromatic carbocycles. The molecule has 2 rings (SSSR count). The number of nitrogens with one attached hydrogen (secondary N) is 2. The SMILES string of the molecule is Cc1csc(CCCNC(=O)[C@@H]2C[C@@H](O)CN2)n1. The van der Waals surface area contributed by atoms with Crippen LogP contribution in [0.15, 0.2) is 5.38 Å². The van der Waals surface area contributed by atoms with Crippen molar-refractivity contribution >= 4 is 17.2 Å². The van der Waals surface area contributed by atoms with E-state index in [-0.39, 0.29) is 18.1 Å². The highest BCUT2D eigenvalue weighted by molar-refractivity contribution is 7.09. The third kappa shape index (κ3) is 3.76. The van der Waals surface area contributed by atoms with E-state index in [0.29, 0.717) is 19.5 Å². The van der Waals surface area contributed by atoms with Crippen LogP contribution in [-0.4, -0.2) is 41.2 Å². The van der Waals surface area contributed by atoms with E-state index in [1.165, 1.54) is 0 Å². The number of β-amino-alcohol motifs (C(OH)–C–C–N with tert-alkyl or cyclic N) is 1. The van der Waals surface area contributed by atoms with Crippen LogP contribution in [0.4, 0.5) is 0 Å². The summed E-state index contributed by atoms with van der Waals surface area (Å²) >= 11 is 1.66. The number of amides is 1.